The van der Waals surface area contributed by atoms with Gasteiger partial charge in [0.2, 0.25) is 0 Å². The summed E-state index contributed by atoms with van der Waals surface area (Å²) in [5.41, 5.74) is 0.176. The fourth-order valence-corrected chi connectivity index (χ4v) is 0.942. The number of ether oxygens (including phenoxy) is 1. The predicted octanol–water partition coefficient (Wildman–Crippen LogP) is 2.91. The molecule has 0 fully saturated rings. The van der Waals surface area contributed by atoms with Crippen molar-refractivity contribution in [3.05, 3.63) is 12.2 Å². The third-order valence-electron chi connectivity index (χ3n) is 2.05. The zero-order valence-corrected chi connectivity index (χ0v) is 11.9. The number of nitrogens with zero attached hydrogens (tertiary/aromatic N) is 1. The monoisotopic (exact) mass is 259 g/mol. The first-order valence-electron chi connectivity index (χ1n) is 6.21. The zero-order chi connectivity index (χ0) is 14.6. The van der Waals surface area contributed by atoms with Crippen molar-refractivity contribution in [3.63, 3.8) is 0 Å². The smallest absolute Gasteiger partial charge is 0.409 e. The van der Waals surface area contributed by atoms with Gasteiger partial charge in [0, 0.05) is 18.7 Å². The standard InChI is InChI=1S/C9H19NO2.C4H6O2/c1-4-7-8-10(5-2)9(11)12-6-3;1-3(2)4(5)6/h4-8H2,1-3H3;1H2,2H3,(H,5,6). The molecule has 0 aliphatic rings. The molecule has 5 heteroatoms. The summed E-state index contributed by atoms with van der Waals surface area (Å²) in [6.45, 7) is 12.5. The van der Waals surface area contributed by atoms with Crippen LogP contribution in [0.3, 0.4) is 0 Å². The lowest BCUT2D eigenvalue weighted by Crippen LogP contribution is -2.32. The van der Waals surface area contributed by atoms with Crippen molar-refractivity contribution in [2.24, 2.45) is 0 Å². The highest BCUT2D eigenvalue weighted by molar-refractivity contribution is 5.84. The first kappa shape index (κ1) is 18.8. The number of hydrogen-bond acceptors (Lipinski definition) is 3. The Kier molecular flexibility index (Phi) is 12.5. The van der Waals surface area contributed by atoms with Crippen molar-refractivity contribution in [2.75, 3.05) is 19.7 Å². The molecule has 0 aliphatic heterocycles. The van der Waals surface area contributed by atoms with Crippen molar-refractivity contribution < 1.29 is 19.4 Å². The highest BCUT2D eigenvalue weighted by atomic mass is 16.6. The van der Waals surface area contributed by atoms with E-state index in [1.165, 1.54) is 6.92 Å². The van der Waals surface area contributed by atoms with Crippen LogP contribution in [0.4, 0.5) is 4.79 Å². The minimum Gasteiger partial charge on any atom is -0.478 e. The Labute approximate surface area is 109 Å². The molecule has 0 aromatic heterocycles. The lowest BCUT2D eigenvalue weighted by Gasteiger charge is -2.19. The average Bonchev–Trinajstić information content (AvgIpc) is 2.31. The van der Waals surface area contributed by atoms with E-state index in [4.69, 9.17) is 9.84 Å². The van der Waals surface area contributed by atoms with Crippen molar-refractivity contribution in [3.8, 4) is 0 Å². The quantitative estimate of drug-likeness (QED) is 0.745. The van der Waals surface area contributed by atoms with Gasteiger partial charge in [-0.25, -0.2) is 9.59 Å². The normalized spacial score (nSPS) is 8.89. The Hall–Kier alpha value is -1.52. The zero-order valence-electron chi connectivity index (χ0n) is 11.9. The van der Waals surface area contributed by atoms with Gasteiger partial charge in [0.25, 0.3) is 0 Å². The Bertz CT molecular complexity index is 252. The highest BCUT2D eigenvalue weighted by Crippen LogP contribution is 1.97. The molecule has 0 atom stereocenters. The summed E-state index contributed by atoms with van der Waals surface area (Å²) < 4.78 is 4.88. The maximum atomic E-state index is 11.2. The molecule has 0 aliphatic carbocycles. The highest BCUT2D eigenvalue weighted by Gasteiger charge is 2.10. The van der Waals surface area contributed by atoms with E-state index in [1.54, 1.807) is 4.90 Å². The molecule has 0 saturated carbocycles. The number of amides is 1. The van der Waals surface area contributed by atoms with Crippen LogP contribution in [0.1, 0.15) is 40.5 Å². The molecule has 0 heterocycles. The topological polar surface area (TPSA) is 66.8 Å². The molecule has 18 heavy (non-hydrogen) atoms. The summed E-state index contributed by atoms with van der Waals surface area (Å²) in [6, 6.07) is 0. The van der Waals surface area contributed by atoms with Crippen molar-refractivity contribution in [1.29, 1.82) is 0 Å². The van der Waals surface area contributed by atoms with Gasteiger partial charge in [-0.05, 0) is 27.2 Å². The fourth-order valence-electron chi connectivity index (χ4n) is 0.942. The number of carboxylic acid groups (broad SMARTS) is 1. The van der Waals surface area contributed by atoms with Crippen molar-refractivity contribution >= 4 is 12.1 Å². The first-order chi connectivity index (χ1) is 8.40. The largest absolute Gasteiger partial charge is 0.478 e. The Morgan fingerprint density at radius 2 is 1.78 bits per heavy atom. The van der Waals surface area contributed by atoms with Crippen LogP contribution in [-0.2, 0) is 9.53 Å². The molecule has 0 aromatic carbocycles. The van der Waals surface area contributed by atoms with Gasteiger partial charge in [0.15, 0.2) is 0 Å². The summed E-state index contributed by atoms with van der Waals surface area (Å²) in [5, 5.41) is 7.89. The lowest BCUT2D eigenvalue weighted by atomic mass is 10.3. The number of rotatable bonds is 6. The number of aliphatic carboxylic acids is 1. The molecular formula is C13H25NO4. The summed E-state index contributed by atoms with van der Waals surface area (Å²) in [6.07, 6.45) is 1.97. The van der Waals surface area contributed by atoms with Gasteiger partial charge in [-0.1, -0.05) is 19.9 Å². The Morgan fingerprint density at radius 1 is 1.28 bits per heavy atom. The second kappa shape index (κ2) is 12.0. The van der Waals surface area contributed by atoms with E-state index in [2.05, 4.69) is 13.5 Å². The van der Waals surface area contributed by atoms with Crippen LogP contribution in [0.5, 0.6) is 0 Å². The maximum absolute atomic E-state index is 11.2. The Morgan fingerprint density at radius 3 is 2.06 bits per heavy atom. The van der Waals surface area contributed by atoms with E-state index in [0.717, 1.165) is 25.9 Å². The van der Waals surface area contributed by atoms with Gasteiger partial charge >= 0.3 is 12.1 Å². The van der Waals surface area contributed by atoms with E-state index >= 15 is 0 Å². The van der Waals surface area contributed by atoms with E-state index in [1.807, 2.05) is 13.8 Å². The number of carbonyl (C=O) groups excluding carboxylic acids is 1. The van der Waals surface area contributed by atoms with Crippen molar-refractivity contribution in [1.82, 2.24) is 4.90 Å². The average molecular weight is 259 g/mol. The van der Waals surface area contributed by atoms with Crippen LogP contribution in [0, 0.1) is 0 Å². The second-order valence-electron chi connectivity index (χ2n) is 3.72. The molecule has 1 amide bonds. The van der Waals surface area contributed by atoms with Gasteiger partial charge in [-0.3, -0.25) is 0 Å². The summed E-state index contributed by atoms with van der Waals surface area (Å²) in [5.74, 6) is -0.935. The van der Waals surface area contributed by atoms with Crippen LogP contribution in [0.25, 0.3) is 0 Å². The fraction of sp³-hybridized carbons (Fsp3) is 0.692. The molecule has 0 spiro atoms. The van der Waals surface area contributed by atoms with Gasteiger partial charge in [0.1, 0.15) is 0 Å². The van der Waals surface area contributed by atoms with E-state index in [-0.39, 0.29) is 11.7 Å². The van der Waals surface area contributed by atoms with Crippen LogP contribution >= 0.6 is 0 Å². The summed E-state index contributed by atoms with van der Waals surface area (Å²) in [7, 11) is 0. The van der Waals surface area contributed by atoms with Gasteiger partial charge in [-0.15, -0.1) is 0 Å². The van der Waals surface area contributed by atoms with Crippen LogP contribution < -0.4 is 0 Å². The number of carboxylic acids is 1. The van der Waals surface area contributed by atoms with Crippen LogP contribution in [0.15, 0.2) is 12.2 Å². The van der Waals surface area contributed by atoms with E-state index in [0.29, 0.717) is 6.61 Å². The van der Waals surface area contributed by atoms with Crippen LogP contribution in [0.2, 0.25) is 0 Å². The molecule has 106 valence electrons. The second-order valence-corrected chi connectivity index (χ2v) is 3.72. The molecule has 1 N–H and O–H groups in total. The SMILES string of the molecule is C=C(C)C(=O)O.CCCCN(CC)C(=O)OCC. The number of unbranched alkanes of at least 4 members (excludes halogenated alkanes) is 1. The molecule has 0 bridgehead atoms. The van der Waals surface area contributed by atoms with Gasteiger partial charge < -0.3 is 14.7 Å². The molecule has 0 aromatic rings. The Balaban J connectivity index is 0. The molecular weight excluding hydrogens is 234 g/mol. The summed E-state index contributed by atoms with van der Waals surface area (Å²) in [4.78, 5) is 22.5. The summed E-state index contributed by atoms with van der Waals surface area (Å²) >= 11 is 0. The van der Waals surface area contributed by atoms with E-state index < -0.39 is 5.97 Å². The minimum atomic E-state index is -0.935. The van der Waals surface area contributed by atoms with Gasteiger partial charge in [0.05, 0.1) is 6.61 Å². The van der Waals surface area contributed by atoms with Crippen molar-refractivity contribution in [2.45, 2.75) is 40.5 Å². The maximum Gasteiger partial charge on any atom is 0.409 e. The predicted molar refractivity (Wildman–Crippen MR) is 71.6 cm³/mol. The molecule has 0 saturated heterocycles. The lowest BCUT2D eigenvalue weighted by molar-refractivity contribution is -0.132. The number of carbonyl (C=O) groups is 2. The molecule has 0 rings (SSSR count). The molecule has 0 unspecified atom stereocenters. The van der Waals surface area contributed by atoms with Crippen LogP contribution in [-0.4, -0.2) is 41.8 Å². The van der Waals surface area contributed by atoms with E-state index in [9.17, 15) is 9.59 Å². The molecule has 5 nitrogen and oxygen atoms in total. The third kappa shape index (κ3) is 11.0. The number of hydrogen-bond donors (Lipinski definition) is 1. The van der Waals surface area contributed by atoms with Gasteiger partial charge in [-0.2, -0.15) is 0 Å². The molecule has 0 radical (unpaired) electrons. The third-order valence-corrected chi connectivity index (χ3v) is 2.05. The minimum absolute atomic E-state index is 0.176. The first-order valence-corrected chi connectivity index (χ1v) is 6.21.